The molecule has 0 bridgehead atoms. The van der Waals surface area contributed by atoms with Crippen LogP contribution in [0, 0.1) is 11.3 Å². The second-order valence-corrected chi connectivity index (χ2v) is 14.7. The highest BCUT2D eigenvalue weighted by Crippen LogP contribution is 2.32. The molecule has 34 heavy (non-hydrogen) atoms. The Morgan fingerprint density at radius 3 is 1.82 bits per heavy atom. The summed E-state index contributed by atoms with van der Waals surface area (Å²) >= 11 is 0. The van der Waals surface area contributed by atoms with Crippen LogP contribution in [0.5, 0.6) is 0 Å². The van der Waals surface area contributed by atoms with Crippen molar-refractivity contribution in [1.82, 2.24) is 0 Å². The molecule has 0 aliphatic carbocycles. The molecule has 2 rings (SSSR count). The lowest BCUT2D eigenvalue weighted by molar-refractivity contribution is -0.147. The van der Waals surface area contributed by atoms with Crippen molar-refractivity contribution in [2.24, 2.45) is 11.3 Å². The van der Waals surface area contributed by atoms with Crippen molar-refractivity contribution in [3.05, 3.63) is 12.2 Å². The topological polar surface area (TPSA) is 109 Å². The molecule has 7 unspecified atom stereocenters. The minimum absolute atomic E-state index is 0.0524. The Bertz CT molecular complexity index is 762. The Morgan fingerprint density at radius 1 is 0.853 bits per heavy atom. The molecule has 2 aliphatic heterocycles. The molecule has 2 saturated heterocycles. The summed E-state index contributed by atoms with van der Waals surface area (Å²) in [7, 11) is -1.79. The third-order valence-corrected chi connectivity index (χ3v) is 11.8. The van der Waals surface area contributed by atoms with E-state index in [1.165, 1.54) is 0 Å². The molecule has 0 radical (unpaired) electrons. The van der Waals surface area contributed by atoms with E-state index in [1.54, 1.807) is 20.8 Å². The van der Waals surface area contributed by atoms with Gasteiger partial charge in [0.25, 0.3) is 0 Å². The molecule has 0 spiro atoms. The van der Waals surface area contributed by atoms with Crippen molar-refractivity contribution in [2.45, 2.75) is 125 Å². The first-order valence-electron chi connectivity index (χ1n) is 13.0. The Labute approximate surface area is 210 Å². The number of unbranched alkanes of at least 4 members (excludes halogenated alkanes) is 3. The summed E-state index contributed by atoms with van der Waals surface area (Å²) in [6, 6.07) is 0. The SMILES string of the molecule is CC(CCCCC1CCC(/C=C\C2CCC(CCCCCC(C)(C)C(=O)O)S2=O)S1=O)C(=O)O. The molecule has 0 saturated carbocycles. The first-order chi connectivity index (χ1) is 16.0. The van der Waals surface area contributed by atoms with Crippen molar-refractivity contribution in [1.29, 1.82) is 0 Å². The predicted molar refractivity (Wildman–Crippen MR) is 139 cm³/mol. The second-order valence-electron chi connectivity index (χ2n) is 10.8. The zero-order valence-electron chi connectivity index (χ0n) is 21.1. The first kappa shape index (κ1) is 29.2. The average molecular weight is 517 g/mol. The van der Waals surface area contributed by atoms with Gasteiger partial charge >= 0.3 is 11.9 Å². The quantitative estimate of drug-likeness (QED) is 0.221. The Kier molecular flexibility index (Phi) is 11.9. The van der Waals surface area contributed by atoms with Gasteiger partial charge in [-0.1, -0.05) is 51.2 Å². The summed E-state index contributed by atoms with van der Waals surface area (Å²) in [6.45, 7) is 5.26. The van der Waals surface area contributed by atoms with E-state index in [-0.39, 0.29) is 26.9 Å². The number of rotatable bonds is 15. The Morgan fingerprint density at radius 2 is 1.35 bits per heavy atom. The van der Waals surface area contributed by atoms with Gasteiger partial charge in [-0.25, -0.2) is 0 Å². The van der Waals surface area contributed by atoms with Crippen LogP contribution < -0.4 is 0 Å². The molecule has 0 amide bonds. The summed E-state index contributed by atoms with van der Waals surface area (Å²) in [4.78, 5) is 22.1. The lowest BCUT2D eigenvalue weighted by Crippen LogP contribution is -2.23. The van der Waals surface area contributed by atoms with Crippen LogP contribution in [0.25, 0.3) is 0 Å². The maximum Gasteiger partial charge on any atom is 0.309 e. The average Bonchev–Trinajstić information content (AvgIpc) is 3.31. The number of hydrogen-bond donors (Lipinski definition) is 2. The Balaban J connectivity index is 1.67. The molecule has 6 nitrogen and oxygen atoms in total. The highest BCUT2D eigenvalue weighted by atomic mass is 32.2. The number of hydrogen-bond acceptors (Lipinski definition) is 4. The van der Waals surface area contributed by atoms with Gasteiger partial charge in [0, 0.05) is 32.1 Å². The molecular formula is C26H44O6S2. The van der Waals surface area contributed by atoms with Crippen molar-refractivity contribution in [3.63, 3.8) is 0 Å². The van der Waals surface area contributed by atoms with Gasteiger partial charge in [0.1, 0.15) is 0 Å². The zero-order chi connectivity index (χ0) is 25.3. The lowest BCUT2D eigenvalue weighted by Gasteiger charge is -2.18. The van der Waals surface area contributed by atoms with E-state index in [0.29, 0.717) is 12.8 Å². The van der Waals surface area contributed by atoms with Gasteiger partial charge in [-0.05, 0) is 65.2 Å². The van der Waals surface area contributed by atoms with Crippen LogP contribution in [0.1, 0.15) is 104 Å². The molecule has 0 aromatic heterocycles. The van der Waals surface area contributed by atoms with Gasteiger partial charge in [-0.3, -0.25) is 18.0 Å². The van der Waals surface area contributed by atoms with E-state index in [2.05, 4.69) is 12.2 Å². The third kappa shape index (κ3) is 8.89. The largest absolute Gasteiger partial charge is 0.481 e. The zero-order valence-corrected chi connectivity index (χ0v) is 22.7. The van der Waals surface area contributed by atoms with Gasteiger partial charge in [0.2, 0.25) is 0 Å². The Hall–Kier alpha value is -1.02. The molecule has 7 atom stereocenters. The molecule has 0 aromatic rings. The smallest absolute Gasteiger partial charge is 0.309 e. The van der Waals surface area contributed by atoms with Crippen molar-refractivity contribution >= 4 is 33.5 Å². The molecule has 8 heteroatoms. The second kappa shape index (κ2) is 13.9. The lowest BCUT2D eigenvalue weighted by atomic mass is 9.87. The number of carboxylic acids is 2. The van der Waals surface area contributed by atoms with Crippen LogP contribution in [0.15, 0.2) is 12.2 Å². The van der Waals surface area contributed by atoms with E-state index in [9.17, 15) is 23.1 Å². The minimum atomic E-state index is -0.903. The van der Waals surface area contributed by atoms with Gasteiger partial charge in [-0.2, -0.15) is 0 Å². The summed E-state index contributed by atoms with van der Waals surface area (Å²) in [6.07, 6.45) is 15.7. The van der Waals surface area contributed by atoms with Crippen molar-refractivity contribution in [2.75, 3.05) is 0 Å². The monoisotopic (exact) mass is 516 g/mol. The van der Waals surface area contributed by atoms with Crippen molar-refractivity contribution < 1.29 is 28.2 Å². The fourth-order valence-corrected chi connectivity index (χ4v) is 8.70. The van der Waals surface area contributed by atoms with Crippen LogP contribution >= 0.6 is 0 Å². The van der Waals surface area contributed by atoms with E-state index in [0.717, 1.165) is 70.6 Å². The maximum absolute atomic E-state index is 12.9. The normalized spacial score (nSPS) is 30.7. The van der Waals surface area contributed by atoms with E-state index < -0.39 is 39.0 Å². The molecule has 2 heterocycles. The highest BCUT2D eigenvalue weighted by Gasteiger charge is 2.33. The van der Waals surface area contributed by atoms with Gasteiger partial charge in [0.05, 0.1) is 21.8 Å². The molecule has 0 aromatic carbocycles. The van der Waals surface area contributed by atoms with E-state index in [4.69, 9.17) is 5.11 Å². The standard InChI is InChI=1S/C26H44O6S2/c1-19(24(27)28)9-6-7-11-21-13-15-23(34(21)32)17-16-22-14-12-20(33(22)31)10-5-4-8-18-26(2,3)25(29)30/h16-17,19-23H,4-15,18H2,1-3H3,(H,27,28)(H,29,30)/b17-16-. The summed E-state index contributed by atoms with van der Waals surface area (Å²) in [5.41, 5.74) is -0.676. The van der Waals surface area contributed by atoms with Crippen LogP contribution in [-0.4, -0.2) is 51.6 Å². The first-order valence-corrected chi connectivity index (χ1v) is 15.5. The molecule has 196 valence electrons. The van der Waals surface area contributed by atoms with Gasteiger partial charge < -0.3 is 10.2 Å². The molecular weight excluding hydrogens is 472 g/mol. The van der Waals surface area contributed by atoms with E-state index in [1.807, 2.05) is 0 Å². The fraction of sp³-hybridized carbons (Fsp3) is 0.846. The summed E-state index contributed by atoms with van der Waals surface area (Å²) < 4.78 is 25.8. The maximum atomic E-state index is 12.9. The van der Waals surface area contributed by atoms with Crippen LogP contribution in [0.2, 0.25) is 0 Å². The number of carbonyl (C=O) groups is 2. The summed E-state index contributed by atoms with van der Waals surface area (Å²) in [5.74, 6) is -1.81. The molecule has 2 fully saturated rings. The predicted octanol–water partition coefficient (Wildman–Crippen LogP) is 5.44. The van der Waals surface area contributed by atoms with Crippen LogP contribution in [0.3, 0.4) is 0 Å². The third-order valence-electron chi connectivity index (χ3n) is 7.58. The van der Waals surface area contributed by atoms with Crippen LogP contribution in [-0.2, 0) is 31.2 Å². The molecule has 2 N–H and O–H groups in total. The van der Waals surface area contributed by atoms with Gasteiger partial charge in [-0.15, -0.1) is 0 Å². The molecule has 2 aliphatic rings. The van der Waals surface area contributed by atoms with E-state index >= 15 is 0 Å². The minimum Gasteiger partial charge on any atom is -0.481 e. The fourth-order valence-electron chi connectivity index (χ4n) is 4.94. The van der Waals surface area contributed by atoms with Crippen molar-refractivity contribution in [3.8, 4) is 0 Å². The van der Waals surface area contributed by atoms with Gasteiger partial charge in [0.15, 0.2) is 0 Å². The highest BCUT2D eigenvalue weighted by molar-refractivity contribution is 7.87. The van der Waals surface area contributed by atoms with Crippen LogP contribution in [0.4, 0.5) is 0 Å². The number of aliphatic carboxylic acids is 2. The summed E-state index contributed by atoms with van der Waals surface area (Å²) in [5, 5.41) is 18.7. The number of carboxylic acid groups (broad SMARTS) is 2.